The predicted octanol–water partition coefficient (Wildman–Crippen LogP) is 6.56. The lowest BCUT2D eigenvalue weighted by Gasteiger charge is -2.21. The van der Waals surface area contributed by atoms with Gasteiger partial charge in [-0.25, -0.2) is 0 Å². The number of carbonyl (C=O) groups is 1. The van der Waals surface area contributed by atoms with Crippen molar-refractivity contribution in [3.05, 3.63) is 12.2 Å². The lowest BCUT2D eigenvalue weighted by atomic mass is 9.85. The summed E-state index contributed by atoms with van der Waals surface area (Å²) in [7, 11) is 0. The van der Waals surface area contributed by atoms with Crippen LogP contribution in [0, 0.1) is 17.3 Å². The predicted molar refractivity (Wildman–Crippen MR) is 95.7 cm³/mol. The third-order valence-electron chi connectivity index (χ3n) is 4.32. The molecule has 0 unspecified atom stereocenters. The van der Waals surface area contributed by atoms with Gasteiger partial charge in [0, 0.05) is 7.85 Å². The minimum atomic E-state index is -0.679. The van der Waals surface area contributed by atoms with Crippen molar-refractivity contribution >= 4 is 5.97 Å². The van der Waals surface area contributed by atoms with E-state index in [4.69, 9.17) is 5.11 Å². The van der Waals surface area contributed by atoms with Gasteiger partial charge >= 0.3 is 5.97 Å². The summed E-state index contributed by atoms with van der Waals surface area (Å²) in [4.78, 5) is 10.5. The first kappa shape index (κ1) is 22.5. The van der Waals surface area contributed by atoms with Crippen LogP contribution in [-0.4, -0.2) is 11.1 Å². The van der Waals surface area contributed by atoms with E-state index >= 15 is 0 Å². The van der Waals surface area contributed by atoms with Gasteiger partial charge in [0.2, 0.25) is 0 Å². The Morgan fingerprint density at radius 1 is 1.19 bits per heavy atom. The van der Waals surface area contributed by atoms with Gasteiger partial charge in [-0.1, -0.05) is 67.0 Å². The van der Waals surface area contributed by atoms with Crippen molar-refractivity contribution in [2.24, 2.45) is 17.3 Å². The molecule has 0 saturated heterocycles. The van der Waals surface area contributed by atoms with E-state index < -0.39 is 5.97 Å². The van der Waals surface area contributed by atoms with Crippen molar-refractivity contribution in [3.63, 3.8) is 0 Å². The third kappa shape index (κ3) is 13.9. The molecule has 0 aliphatic carbocycles. The van der Waals surface area contributed by atoms with Crippen LogP contribution in [0.25, 0.3) is 0 Å². The first-order valence-corrected chi connectivity index (χ1v) is 8.65. The Hall–Kier alpha value is -0.790. The average molecular weight is 301 g/mol. The SMILES string of the molecule is CC.CCC(C)(C)C/C=C\C[C@H](C)[C@@H](C)CCCC(=O)O.[HH]. The number of carboxylic acids is 1. The van der Waals surface area contributed by atoms with Gasteiger partial charge in [-0.3, -0.25) is 4.79 Å². The fourth-order valence-corrected chi connectivity index (χ4v) is 1.95. The monoisotopic (exact) mass is 300 g/mol. The van der Waals surface area contributed by atoms with Crippen LogP contribution in [0.5, 0.6) is 0 Å². The molecule has 0 saturated carbocycles. The van der Waals surface area contributed by atoms with Crippen LogP contribution in [0.1, 0.15) is 88.4 Å². The highest BCUT2D eigenvalue weighted by atomic mass is 16.4. The van der Waals surface area contributed by atoms with E-state index in [1.165, 1.54) is 6.42 Å². The van der Waals surface area contributed by atoms with Crippen molar-refractivity contribution in [1.82, 2.24) is 0 Å². The molecule has 0 aliphatic rings. The molecule has 0 aromatic carbocycles. The Morgan fingerprint density at radius 2 is 1.76 bits per heavy atom. The number of carboxylic acid groups (broad SMARTS) is 1. The molecule has 21 heavy (non-hydrogen) atoms. The molecule has 0 aliphatic heterocycles. The van der Waals surface area contributed by atoms with Crippen molar-refractivity contribution < 1.29 is 11.3 Å². The summed E-state index contributed by atoms with van der Waals surface area (Å²) in [5, 5.41) is 8.63. The highest BCUT2D eigenvalue weighted by Gasteiger charge is 2.13. The Kier molecular flexibility index (Phi) is 13.8. The minimum absolute atomic E-state index is 0. The van der Waals surface area contributed by atoms with Crippen LogP contribution < -0.4 is 0 Å². The van der Waals surface area contributed by atoms with E-state index in [2.05, 4.69) is 46.8 Å². The fourth-order valence-electron chi connectivity index (χ4n) is 1.95. The van der Waals surface area contributed by atoms with Gasteiger partial charge in [0.15, 0.2) is 0 Å². The first-order valence-electron chi connectivity index (χ1n) is 8.65. The number of hydrogen-bond acceptors (Lipinski definition) is 1. The maximum Gasteiger partial charge on any atom is 0.303 e. The molecule has 0 amide bonds. The molecule has 0 bridgehead atoms. The van der Waals surface area contributed by atoms with Gasteiger partial charge in [0.05, 0.1) is 0 Å². The van der Waals surface area contributed by atoms with Crippen LogP contribution in [0.3, 0.4) is 0 Å². The molecule has 0 fully saturated rings. The highest BCUT2D eigenvalue weighted by molar-refractivity contribution is 5.66. The maximum atomic E-state index is 10.5. The van der Waals surface area contributed by atoms with Crippen molar-refractivity contribution in [3.8, 4) is 0 Å². The summed E-state index contributed by atoms with van der Waals surface area (Å²) < 4.78 is 0. The Bertz CT molecular complexity index is 285. The summed E-state index contributed by atoms with van der Waals surface area (Å²) in [6.07, 6.45) is 10.2. The maximum absolute atomic E-state index is 10.5. The number of hydrogen-bond donors (Lipinski definition) is 1. The van der Waals surface area contributed by atoms with E-state index in [1.54, 1.807) is 0 Å². The van der Waals surface area contributed by atoms with Gasteiger partial charge in [-0.05, 0) is 42.9 Å². The molecule has 1 N–H and O–H groups in total. The molecule has 0 aromatic heterocycles. The van der Waals surface area contributed by atoms with E-state index in [0.717, 1.165) is 25.7 Å². The topological polar surface area (TPSA) is 37.3 Å². The lowest BCUT2D eigenvalue weighted by molar-refractivity contribution is -0.137. The van der Waals surface area contributed by atoms with Crippen molar-refractivity contribution in [2.75, 3.05) is 0 Å². The van der Waals surface area contributed by atoms with Crippen LogP contribution in [-0.2, 0) is 4.79 Å². The molecule has 0 rings (SSSR count). The third-order valence-corrected chi connectivity index (χ3v) is 4.32. The Morgan fingerprint density at radius 3 is 2.24 bits per heavy atom. The first-order chi connectivity index (χ1) is 9.78. The Labute approximate surface area is 134 Å². The smallest absolute Gasteiger partial charge is 0.303 e. The van der Waals surface area contributed by atoms with Gasteiger partial charge in [0.1, 0.15) is 0 Å². The summed E-state index contributed by atoms with van der Waals surface area (Å²) >= 11 is 0. The standard InChI is InChI=1S/C17H32O2.C2H6.H2/c1-6-17(4,5)13-8-7-10-14(2)15(3)11-9-12-16(18)19;1-2;/h7-8,14-15H,6,9-13H2,1-5H3,(H,18,19);1-2H3;1H/b8-7-;;/t14-,15-;;/m0../s1. The normalized spacial score (nSPS) is 14.4. The summed E-state index contributed by atoms with van der Waals surface area (Å²) in [5.41, 5.74) is 0.410. The van der Waals surface area contributed by atoms with E-state index in [9.17, 15) is 4.79 Å². The molecule has 2 heteroatoms. The zero-order valence-corrected chi connectivity index (χ0v) is 15.4. The Balaban J connectivity index is -0.00000115. The highest BCUT2D eigenvalue weighted by Crippen LogP contribution is 2.26. The van der Waals surface area contributed by atoms with Crippen LogP contribution in [0.15, 0.2) is 12.2 Å². The average Bonchev–Trinajstić information content (AvgIpc) is 2.45. The molecular weight excluding hydrogens is 260 g/mol. The molecular formula is C19H40O2. The molecule has 0 radical (unpaired) electrons. The van der Waals surface area contributed by atoms with E-state index in [0.29, 0.717) is 23.7 Å². The van der Waals surface area contributed by atoms with Crippen LogP contribution >= 0.6 is 0 Å². The molecule has 2 atom stereocenters. The molecule has 128 valence electrons. The van der Waals surface area contributed by atoms with E-state index in [-0.39, 0.29) is 1.43 Å². The summed E-state index contributed by atoms with van der Waals surface area (Å²) in [6, 6.07) is 0. The van der Waals surface area contributed by atoms with E-state index in [1.807, 2.05) is 13.8 Å². The second-order valence-corrected chi connectivity index (χ2v) is 6.67. The zero-order valence-electron chi connectivity index (χ0n) is 15.4. The molecule has 2 nitrogen and oxygen atoms in total. The molecule has 0 heterocycles. The van der Waals surface area contributed by atoms with Crippen molar-refractivity contribution in [1.29, 1.82) is 0 Å². The van der Waals surface area contributed by atoms with Crippen molar-refractivity contribution in [2.45, 2.75) is 87.0 Å². The van der Waals surface area contributed by atoms with Gasteiger partial charge < -0.3 is 5.11 Å². The molecule has 0 aromatic rings. The summed E-state index contributed by atoms with van der Waals surface area (Å²) in [6.45, 7) is 15.3. The number of allylic oxidation sites excluding steroid dienone is 2. The largest absolute Gasteiger partial charge is 0.481 e. The van der Waals surface area contributed by atoms with Crippen LogP contribution in [0.2, 0.25) is 0 Å². The minimum Gasteiger partial charge on any atom is -0.481 e. The quantitative estimate of drug-likeness (QED) is 0.464. The van der Waals surface area contributed by atoms with Crippen LogP contribution in [0.4, 0.5) is 0 Å². The molecule has 0 spiro atoms. The fraction of sp³-hybridized carbons (Fsp3) is 0.842. The number of rotatable bonds is 10. The zero-order chi connectivity index (χ0) is 16.9. The van der Waals surface area contributed by atoms with Gasteiger partial charge in [-0.2, -0.15) is 0 Å². The number of aliphatic carboxylic acids is 1. The van der Waals surface area contributed by atoms with Gasteiger partial charge in [0.25, 0.3) is 0 Å². The second kappa shape index (κ2) is 12.9. The second-order valence-electron chi connectivity index (χ2n) is 6.67. The summed E-state index contributed by atoms with van der Waals surface area (Å²) in [5.74, 6) is 0.555. The lowest BCUT2D eigenvalue weighted by Crippen LogP contribution is -2.09. The van der Waals surface area contributed by atoms with Gasteiger partial charge in [-0.15, -0.1) is 0 Å².